The lowest BCUT2D eigenvalue weighted by atomic mass is 9.98. The number of aromatic amines is 1. The van der Waals surface area contributed by atoms with Crippen molar-refractivity contribution in [3.05, 3.63) is 47.3 Å². The number of rotatable bonds is 5. The SMILES string of the molecule is COc1ccc(CN2CCCCC2c2cc(C(=O)N3CCOCC3)n[nH]2)cc1. The number of hydrogen-bond acceptors (Lipinski definition) is 5. The molecule has 1 aromatic heterocycles. The Hall–Kier alpha value is -2.38. The van der Waals surface area contributed by atoms with Crippen LogP contribution in [-0.4, -0.2) is 65.9 Å². The lowest BCUT2D eigenvalue weighted by Gasteiger charge is -2.35. The number of nitrogens with one attached hydrogen (secondary N) is 1. The number of aromatic nitrogens is 2. The number of nitrogens with zero attached hydrogens (tertiary/aromatic N) is 3. The third kappa shape index (κ3) is 4.20. The van der Waals surface area contributed by atoms with Crippen molar-refractivity contribution in [2.45, 2.75) is 31.8 Å². The van der Waals surface area contributed by atoms with Crippen LogP contribution in [0.25, 0.3) is 0 Å². The zero-order chi connectivity index (χ0) is 19.3. The van der Waals surface area contributed by atoms with E-state index >= 15 is 0 Å². The number of carbonyl (C=O) groups is 1. The van der Waals surface area contributed by atoms with E-state index in [1.165, 1.54) is 18.4 Å². The standard InChI is InChI=1S/C21H28N4O3/c1-27-17-7-5-16(6-8-17)15-25-9-3-2-4-20(25)18-14-19(23-22-18)21(26)24-10-12-28-13-11-24/h5-8,14,20H,2-4,9-13,15H2,1H3,(H,22,23). The van der Waals surface area contributed by atoms with Crippen molar-refractivity contribution in [1.29, 1.82) is 0 Å². The molecule has 7 heteroatoms. The molecule has 28 heavy (non-hydrogen) atoms. The summed E-state index contributed by atoms with van der Waals surface area (Å²) in [5.74, 6) is 0.863. The Kier molecular flexibility index (Phi) is 5.92. The minimum atomic E-state index is -0.0108. The van der Waals surface area contributed by atoms with Crippen LogP contribution in [0.4, 0.5) is 0 Å². The summed E-state index contributed by atoms with van der Waals surface area (Å²) in [5, 5.41) is 7.47. The highest BCUT2D eigenvalue weighted by molar-refractivity contribution is 5.92. The predicted molar refractivity (Wildman–Crippen MR) is 105 cm³/mol. The van der Waals surface area contributed by atoms with Gasteiger partial charge in [0.05, 0.1) is 32.1 Å². The molecule has 1 amide bonds. The summed E-state index contributed by atoms with van der Waals surface area (Å²) in [7, 11) is 1.68. The van der Waals surface area contributed by atoms with Gasteiger partial charge in [0.15, 0.2) is 0 Å². The number of likely N-dealkylation sites (tertiary alicyclic amines) is 1. The first-order chi connectivity index (χ1) is 13.7. The van der Waals surface area contributed by atoms with E-state index in [1.54, 1.807) is 7.11 Å². The third-order valence-corrected chi connectivity index (χ3v) is 5.63. The molecule has 2 saturated heterocycles. The van der Waals surface area contributed by atoms with E-state index in [0.717, 1.165) is 31.0 Å². The minimum Gasteiger partial charge on any atom is -0.497 e. The maximum atomic E-state index is 12.7. The first kappa shape index (κ1) is 19.0. The highest BCUT2D eigenvalue weighted by atomic mass is 16.5. The van der Waals surface area contributed by atoms with Gasteiger partial charge in [-0.3, -0.25) is 14.8 Å². The lowest BCUT2D eigenvalue weighted by Crippen LogP contribution is -2.40. The topological polar surface area (TPSA) is 70.7 Å². The Morgan fingerprint density at radius 3 is 2.75 bits per heavy atom. The average molecular weight is 384 g/mol. The number of amides is 1. The Morgan fingerprint density at radius 2 is 2.00 bits per heavy atom. The van der Waals surface area contributed by atoms with Gasteiger partial charge in [-0.15, -0.1) is 0 Å². The monoisotopic (exact) mass is 384 g/mol. The van der Waals surface area contributed by atoms with Gasteiger partial charge in [0.2, 0.25) is 0 Å². The number of H-pyrrole nitrogens is 1. The summed E-state index contributed by atoms with van der Waals surface area (Å²) in [6, 6.07) is 10.4. The Bertz CT molecular complexity index is 783. The molecular weight excluding hydrogens is 356 g/mol. The number of piperidine rings is 1. The van der Waals surface area contributed by atoms with Gasteiger partial charge in [-0.2, -0.15) is 5.10 Å². The van der Waals surface area contributed by atoms with Gasteiger partial charge < -0.3 is 14.4 Å². The predicted octanol–water partition coefficient (Wildman–Crippen LogP) is 2.62. The largest absolute Gasteiger partial charge is 0.497 e. The fourth-order valence-corrected chi connectivity index (χ4v) is 4.04. The first-order valence-electron chi connectivity index (χ1n) is 10.0. The second-order valence-electron chi connectivity index (χ2n) is 7.44. The van der Waals surface area contributed by atoms with Crippen molar-refractivity contribution in [2.24, 2.45) is 0 Å². The van der Waals surface area contributed by atoms with Crippen LogP contribution < -0.4 is 4.74 Å². The molecule has 1 aromatic carbocycles. The minimum absolute atomic E-state index is 0.0108. The summed E-state index contributed by atoms with van der Waals surface area (Å²) in [6.45, 7) is 4.38. The zero-order valence-corrected chi connectivity index (χ0v) is 16.4. The summed E-state index contributed by atoms with van der Waals surface area (Å²) in [6.07, 6.45) is 3.46. The van der Waals surface area contributed by atoms with E-state index in [0.29, 0.717) is 32.0 Å². The molecule has 0 bridgehead atoms. The van der Waals surface area contributed by atoms with Gasteiger partial charge in [-0.25, -0.2) is 0 Å². The van der Waals surface area contributed by atoms with Crippen LogP contribution in [0.3, 0.4) is 0 Å². The second-order valence-corrected chi connectivity index (χ2v) is 7.44. The Balaban J connectivity index is 1.46. The van der Waals surface area contributed by atoms with Gasteiger partial charge >= 0.3 is 0 Å². The Morgan fingerprint density at radius 1 is 1.21 bits per heavy atom. The molecule has 2 fully saturated rings. The van der Waals surface area contributed by atoms with E-state index in [-0.39, 0.29) is 11.9 Å². The maximum absolute atomic E-state index is 12.7. The number of morpholine rings is 1. The normalized spacial score (nSPS) is 20.9. The first-order valence-corrected chi connectivity index (χ1v) is 10.0. The summed E-state index contributed by atoms with van der Waals surface area (Å²) < 4.78 is 10.6. The average Bonchev–Trinajstić information content (AvgIpc) is 3.25. The molecule has 0 spiro atoms. The highest BCUT2D eigenvalue weighted by Gasteiger charge is 2.28. The van der Waals surface area contributed by atoms with E-state index in [1.807, 2.05) is 23.1 Å². The van der Waals surface area contributed by atoms with Crippen LogP contribution in [0.15, 0.2) is 30.3 Å². The van der Waals surface area contributed by atoms with Crippen molar-refractivity contribution < 1.29 is 14.3 Å². The van der Waals surface area contributed by atoms with Crippen molar-refractivity contribution in [3.8, 4) is 5.75 Å². The molecule has 1 unspecified atom stereocenters. The van der Waals surface area contributed by atoms with Crippen LogP contribution in [-0.2, 0) is 11.3 Å². The molecule has 3 heterocycles. The number of benzene rings is 1. The van der Waals surface area contributed by atoms with Gasteiger partial charge in [0, 0.05) is 19.6 Å². The third-order valence-electron chi connectivity index (χ3n) is 5.63. The van der Waals surface area contributed by atoms with Gasteiger partial charge in [-0.05, 0) is 43.1 Å². The van der Waals surface area contributed by atoms with Crippen LogP contribution in [0.2, 0.25) is 0 Å². The lowest BCUT2D eigenvalue weighted by molar-refractivity contribution is 0.0299. The summed E-state index contributed by atoms with van der Waals surface area (Å²) in [5.41, 5.74) is 2.80. The molecule has 2 aliphatic rings. The number of carbonyl (C=O) groups excluding carboxylic acids is 1. The summed E-state index contributed by atoms with van der Waals surface area (Å²) in [4.78, 5) is 17.0. The van der Waals surface area contributed by atoms with E-state index < -0.39 is 0 Å². The van der Waals surface area contributed by atoms with Gasteiger partial charge in [0.1, 0.15) is 11.4 Å². The summed E-state index contributed by atoms with van der Waals surface area (Å²) >= 11 is 0. The van der Waals surface area contributed by atoms with Crippen LogP contribution in [0.5, 0.6) is 5.75 Å². The van der Waals surface area contributed by atoms with E-state index in [9.17, 15) is 4.79 Å². The van der Waals surface area contributed by atoms with Gasteiger partial charge in [0.25, 0.3) is 5.91 Å². The van der Waals surface area contributed by atoms with Crippen molar-refractivity contribution >= 4 is 5.91 Å². The zero-order valence-electron chi connectivity index (χ0n) is 16.4. The number of ether oxygens (including phenoxy) is 2. The highest BCUT2D eigenvalue weighted by Crippen LogP contribution is 2.31. The number of methoxy groups -OCH3 is 1. The molecule has 0 saturated carbocycles. The van der Waals surface area contributed by atoms with Gasteiger partial charge in [-0.1, -0.05) is 18.6 Å². The molecule has 1 atom stereocenters. The van der Waals surface area contributed by atoms with E-state index in [2.05, 4.69) is 27.2 Å². The molecule has 4 rings (SSSR count). The molecule has 0 radical (unpaired) electrons. The smallest absolute Gasteiger partial charge is 0.274 e. The Labute approximate surface area is 165 Å². The molecule has 150 valence electrons. The van der Waals surface area contributed by atoms with Crippen molar-refractivity contribution in [1.82, 2.24) is 20.0 Å². The molecular formula is C21H28N4O3. The fraction of sp³-hybridized carbons (Fsp3) is 0.524. The number of hydrogen-bond donors (Lipinski definition) is 1. The molecule has 0 aliphatic carbocycles. The quantitative estimate of drug-likeness (QED) is 0.858. The van der Waals surface area contributed by atoms with Crippen LogP contribution >= 0.6 is 0 Å². The van der Waals surface area contributed by atoms with Crippen LogP contribution in [0.1, 0.15) is 47.1 Å². The second kappa shape index (κ2) is 8.75. The van der Waals surface area contributed by atoms with Crippen molar-refractivity contribution in [2.75, 3.05) is 40.0 Å². The molecule has 7 nitrogen and oxygen atoms in total. The van der Waals surface area contributed by atoms with Crippen LogP contribution in [0, 0.1) is 0 Å². The molecule has 1 N–H and O–H groups in total. The molecule has 2 aliphatic heterocycles. The van der Waals surface area contributed by atoms with Crippen molar-refractivity contribution in [3.63, 3.8) is 0 Å². The molecule has 2 aromatic rings. The maximum Gasteiger partial charge on any atom is 0.274 e. The van der Waals surface area contributed by atoms with E-state index in [4.69, 9.17) is 9.47 Å². The fourth-order valence-electron chi connectivity index (χ4n) is 4.04.